The number of anilines is 1. The molecular formula is C26H26FN5O2. The molecule has 1 amide bonds. The highest BCUT2D eigenvalue weighted by atomic mass is 19.1. The summed E-state index contributed by atoms with van der Waals surface area (Å²) in [5.74, 6) is 0.128. The van der Waals surface area contributed by atoms with Crippen LogP contribution in [0, 0.1) is 19.7 Å². The number of carbonyl (C=O) groups is 1. The van der Waals surface area contributed by atoms with Gasteiger partial charge in [0.05, 0.1) is 11.9 Å². The largest absolute Gasteiger partial charge is 0.309 e. The molecule has 0 saturated carbocycles. The molecule has 1 unspecified atom stereocenters. The zero-order valence-electron chi connectivity index (χ0n) is 19.5. The van der Waals surface area contributed by atoms with Crippen molar-refractivity contribution in [2.45, 2.75) is 52.6 Å². The second-order valence-corrected chi connectivity index (χ2v) is 8.92. The topological polar surface area (TPSA) is 73.0 Å². The maximum atomic E-state index is 13.7. The second-order valence-electron chi connectivity index (χ2n) is 8.92. The summed E-state index contributed by atoms with van der Waals surface area (Å²) in [6, 6.07) is 12.4. The molecule has 0 fully saturated rings. The Morgan fingerprint density at radius 2 is 1.91 bits per heavy atom. The minimum absolute atomic E-state index is 0.0108. The van der Waals surface area contributed by atoms with Crippen LogP contribution in [0.2, 0.25) is 0 Å². The fraction of sp³-hybridized carbons (Fsp3) is 0.308. The summed E-state index contributed by atoms with van der Waals surface area (Å²) >= 11 is 0. The molecule has 0 spiro atoms. The number of hydrogen-bond donors (Lipinski definition) is 0. The van der Waals surface area contributed by atoms with Crippen molar-refractivity contribution < 1.29 is 9.18 Å². The molecular weight excluding hydrogens is 433 g/mol. The zero-order valence-corrected chi connectivity index (χ0v) is 19.5. The number of fused-ring (bicyclic) bond motifs is 2. The minimum Gasteiger partial charge on any atom is -0.309 e. The fourth-order valence-electron chi connectivity index (χ4n) is 4.67. The maximum absolute atomic E-state index is 13.7. The number of aromatic nitrogens is 4. The van der Waals surface area contributed by atoms with Crippen LogP contribution >= 0.6 is 0 Å². The summed E-state index contributed by atoms with van der Waals surface area (Å²) in [4.78, 5) is 32.8. The van der Waals surface area contributed by atoms with Gasteiger partial charge in [0.25, 0.3) is 5.56 Å². The summed E-state index contributed by atoms with van der Waals surface area (Å²) < 4.78 is 16.9. The van der Waals surface area contributed by atoms with Crippen molar-refractivity contribution in [3.05, 3.63) is 81.8 Å². The highest BCUT2D eigenvalue weighted by molar-refractivity contribution is 5.95. The van der Waals surface area contributed by atoms with Crippen LogP contribution in [0.3, 0.4) is 0 Å². The molecule has 4 aromatic rings. The lowest BCUT2D eigenvalue weighted by Crippen LogP contribution is -2.42. The average molecular weight is 460 g/mol. The van der Waals surface area contributed by atoms with Gasteiger partial charge in [-0.2, -0.15) is 5.10 Å². The highest BCUT2D eigenvalue weighted by Gasteiger charge is 2.28. The van der Waals surface area contributed by atoms with E-state index in [1.54, 1.807) is 22.6 Å². The molecule has 34 heavy (non-hydrogen) atoms. The number of nitrogens with zero attached hydrogens (tertiary/aromatic N) is 5. The lowest BCUT2D eigenvalue weighted by molar-refractivity contribution is -0.119. The normalized spacial score (nSPS) is 15.5. The van der Waals surface area contributed by atoms with Crippen LogP contribution in [-0.2, 0) is 17.8 Å². The van der Waals surface area contributed by atoms with Gasteiger partial charge in [-0.1, -0.05) is 17.7 Å². The van der Waals surface area contributed by atoms with Crippen molar-refractivity contribution in [2.24, 2.45) is 0 Å². The number of carbonyl (C=O) groups excluding carboxylic acids is 1. The zero-order chi connectivity index (χ0) is 24.0. The Bertz CT molecular complexity index is 1450. The predicted molar refractivity (Wildman–Crippen MR) is 129 cm³/mol. The van der Waals surface area contributed by atoms with E-state index < -0.39 is 0 Å². The first-order valence-electron chi connectivity index (χ1n) is 11.5. The first kappa shape index (κ1) is 22.0. The lowest BCUT2D eigenvalue weighted by atomic mass is 9.96. The third-order valence-electron chi connectivity index (χ3n) is 6.55. The van der Waals surface area contributed by atoms with Gasteiger partial charge in [0.2, 0.25) is 5.91 Å². The maximum Gasteiger partial charge on any atom is 0.264 e. The van der Waals surface area contributed by atoms with Gasteiger partial charge >= 0.3 is 0 Å². The van der Waals surface area contributed by atoms with E-state index in [-0.39, 0.29) is 36.3 Å². The molecule has 3 heterocycles. The van der Waals surface area contributed by atoms with E-state index in [0.29, 0.717) is 16.9 Å². The number of rotatable bonds is 4. The van der Waals surface area contributed by atoms with Gasteiger partial charge in [-0.05, 0) is 69.5 Å². The number of benzene rings is 2. The van der Waals surface area contributed by atoms with Crippen LogP contribution in [-0.4, -0.2) is 31.3 Å². The van der Waals surface area contributed by atoms with Crippen LogP contribution in [0.1, 0.15) is 36.7 Å². The molecule has 0 bridgehead atoms. The van der Waals surface area contributed by atoms with Crippen molar-refractivity contribution >= 4 is 22.6 Å². The van der Waals surface area contributed by atoms with Crippen LogP contribution in [0.15, 0.2) is 53.5 Å². The Labute approximate surface area is 196 Å². The molecule has 0 radical (unpaired) electrons. The molecule has 2 aromatic carbocycles. The summed E-state index contributed by atoms with van der Waals surface area (Å²) in [7, 11) is 0. The quantitative estimate of drug-likeness (QED) is 0.461. The van der Waals surface area contributed by atoms with E-state index in [1.807, 2.05) is 38.1 Å². The van der Waals surface area contributed by atoms with Crippen LogP contribution in [0.5, 0.6) is 0 Å². The molecule has 0 N–H and O–H groups in total. The van der Waals surface area contributed by atoms with Crippen LogP contribution in [0.25, 0.3) is 16.7 Å². The van der Waals surface area contributed by atoms with Gasteiger partial charge in [0.1, 0.15) is 17.0 Å². The molecule has 1 atom stereocenters. The minimum atomic E-state index is -0.298. The number of amides is 1. The molecule has 1 aliphatic rings. The van der Waals surface area contributed by atoms with E-state index in [1.165, 1.54) is 22.9 Å². The predicted octanol–water partition coefficient (Wildman–Crippen LogP) is 4.10. The Balaban J connectivity index is 1.42. The number of aryl methyl sites for hydroxylation is 3. The van der Waals surface area contributed by atoms with Crippen molar-refractivity contribution in [3.63, 3.8) is 0 Å². The van der Waals surface area contributed by atoms with Gasteiger partial charge in [-0.15, -0.1) is 0 Å². The van der Waals surface area contributed by atoms with Gasteiger partial charge in [-0.3, -0.25) is 14.2 Å². The number of hydrogen-bond acceptors (Lipinski definition) is 4. The molecule has 0 aliphatic carbocycles. The van der Waals surface area contributed by atoms with Gasteiger partial charge in [-0.25, -0.2) is 14.1 Å². The van der Waals surface area contributed by atoms with Crippen molar-refractivity contribution in [3.8, 4) is 5.69 Å². The van der Waals surface area contributed by atoms with Crippen molar-refractivity contribution in [2.75, 3.05) is 4.90 Å². The smallest absolute Gasteiger partial charge is 0.264 e. The average Bonchev–Trinajstić information content (AvgIpc) is 3.23. The van der Waals surface area contributed by atoms with Gasteiger partial charge in [0.15, 0.2) is 5.65 Å². The molecule has 5 rings (SSSR count). The Morgan fingerprint density at radius 1 is 1.15 bits per heavy atom. The molecule has 1 aliphatic heterocycles. The summed E-state index contributed by atoms with van der Waals surface area (Å²) in [5.41, 5.74) is 3.83. The van der Waals surface area contributed by atoms with Crippen molar-refractivity contribution in [1.29, 1.82) is 0 Å². The van der Waals surface area contributed by atoms with E-state index in [4.69, 9.17) is 0 Å². The highest BCUT2D eigenvalue weighted by Crippen LogP contribution is 2.31. The van der Waals surface area contributed by atoms with Gasteiger partial charge < -0.3 is 4.90 Å². The first-order chi connectivity index (χ1) is 16.3. The van der Waals surface area contributed by atoms with Gasteiger partial charge in [0, 0.05) is 24.7 Å². The third kappa shape index (κ3) is 3.79. The van der Waals surface area contributed by atoms with Crippen LogP contribution < -0.4 is 10.5 Å². The monoisotopic (exact) mass is 459 g/mol. The third-order valence-corrected chi connectivity index (χ3v) is 6.55. The SMILES string of the molecule is Cc1ccc(-n2ncc3c(=O)n(CCC(=O)N4c5ccc(F)cc5CCC4C)c(C)nc32)cc1. The summed E-state index contributed by atoms with van der Waals surface area (Å²) in [6.07, 6.45) is 3.18. The summed E-state index contributed by atoms with van der Waals surface area (Å²) in [5, 5.41) is 4.79. The number of halogens is 1. The first-order valence-corrected chi connectivity index (χ1v) is 11.5. The Hall–Kier alpha value is -3.81. The van der Waals surface area contributed by atoms with E-state index in [9.17, 15) is 14.0 Å². The van der Waals surface area contributed by atoms with E-state index >= 15 is 0 Å². The van der Waals surface area contributed by atoms with Crippen LogP contribution in [0.4, 0.5) is 10.1 Å². The summed E-state index contributed by atoms with van der Waals surface area (Å²) in [6.45, 7) is 5.98. The molecule has 8 heteroatoms. The van der Waals surface area contributed by atoms with E-state index in [2.05, 4.69) is 10.1 Å². The van der Waals surface area contributed by atoms with Crippen molar-refractivity contribution in [1.82, 2.24) is 19.3 Å². The standard InChI is InChI=1S/C26H26FN5O2/c1-16-4-9-21(10-5-16)32-25-22(15-28-32)26(34)30(18(3)29-25)13-12-24(33)31-17(2)6-7-19-14-20(27)8-11-23(19)31/h4-5,8-11,14-15,17H,6-7,12-13H2,1-3H3. The molecule has 174 valence electrons. The molecule has 7 nitrogen and oxygen atoms in total. The molecule has 2 aromatic heterocycles. The second kappa shape index (κ2) is 8.52. The van der Waals surface area contributed by atoms with E-state index in [0.717, 1.165) is 35.3 Å². The Kier molecular flexibility index (Phi) is 5.51. The lowest BCUT2D eigenvalue weighted by Gasteiger charge is -2.35. The fourth-order valence-corrected chi connectivity index (χ4v) is 4.67. The Morgan fingerprint density at radius 3 is 2.68 bits per heavy atom. The molecule has 0 saturated heterocycles.